The number of halogens is 2. The van der Waals surface area contributed by atoms with Crippen molar-refractivity contribution in [2.24, 2.45) is 0 Å². The summed E-state index contributed by atoms with van der Waals surface area (Å²) in [5, 5.41) is 5.02. The highest BCUT2D eigenvalue weighted by molar-refractivity contribution is 7.11. The van der Waals surface area contributed by atoms with Gasteiger partial charge in [-0.15, -0.1) is 11.3 Å². The lowest BCUT2D eigenvalue weighted by Crippen LogP contribution is -2.24. The third kappa shape index (κ3) is 4.72. The third-order valence-corrected chi connectivity index (χ3v) is 5.26. The maximum absolute atomic E-state index is 6.38. The minimum atomic E-state index is 0.234. The molecule has 2 aromatic rings. The second kappa shape index (κ2) is 8.19. The Kier molecular flexibility index (Phi) is 6.56. The van der Waals surface area contributed by atoms with Crippen molar-refractivity contribution in [3.63, 3.8) is 0 Å². The molecule has 0 spiro atoms. The first-order valence-electron chi connectivity index (χ1n) is 7.40. The van der Waals surface area contributed by atoms with Gasteiger partial charge in [-0.05, 0) is 49.2 Å². The molecule has 1 unspecified atom stereocenters. The number of rotatable bonds is 7. The van der Waals surface area contributed by atoms with Crippen LogP contribution in [0.5, 0.6) is 0 Å². The Morgan fingerprint density at radius 2 is 1.86 bits per heavy atom. The normalized spacial score (nSPS) is 12.6. The van der Waals surface area contributed by atoms with Crippen molar-refractivity contribution in [3.05, 3.63) is 55.7 Å². The lowest BCUT2D eigenvalue weighted by Gasteiger charge is -2.20. The molecular formula is C17H21Cl2NS. The highest BCUT2D eigenvalue weighted by atomic mass is 35.5. The lowest BCUT2D eigenvalue weighted by atomic mass is 10.0. The van der Waals surface area contributed by atoms with Crippen LogP contribution in [0.25, 0.3) is 0 Å². The summed E-state index contributed by atoms with van der Waals surface area (Å²) in [4.78, 5) is 2.83. The molecule has 1 N–H and O–H groups in total. The summed E-state index contributed by atoms with van der Waals surface area (Å²) in [6, 6.07) is 10.5. The van der Waals surface area contributed by atoms with Crippen LogP contribution in [0.3, 0.4) is 0 Å². The largest absolute Gasteiger partial charge is 0.310 e. The molecule has 1 atom stereocenters. The Balaban J connectivity index is 2.20. The molecule has 0 saturated carbocycles. The smallest absolute Gasteiger partial charge is 0.0468 e. The van der Waals surface area contributed by atoms with Crippen molar-refractivity contribution in [2.75, 3.05) is 6.54 Å². The molecule has 0 amide bonds. The Labute approximate surface area is 141 Å². The van der Waals surface area contributed by atoms with Crippen molar-refractivity contribution in [2.45, 2.75) is 39.2 Å². The van der Waals surface area contributed by atoms with Gasteiger partial charge in [-0.3, -0.25) is 0 Å². The summed E-state index contributed by atoms with van der Waals surface area (Å²) in [6.45, 7) is 5.35. The Morgan fingerprint density at radius 1 is 1.10 bits per heavy atom. The number of aryl methyl sites for hydroxylation is 1. The van der Waals surface area contributed by atoms with Crippen LogP contribution in [-0.4, -0.2) is 6.54 Å². The molecule has 0 radical (unpaired) electrons. The molecule has 0 aliphatic rings. The number of thiophene rings is 1. The molecule has 1 heterocycles. The van der Waals surface area contributed by atoms with E-state index in [4.69, 9.17) is 23.2 Å². The van der Waals surface area contributed by atoms with Crippen molar-refractivity contribution in [3.8, 4) is 0 Å². The Hall–Kier alpha value is -0.540. The minimum absolute atomic E-state index is 0.234. The van der Waals surface area contributed by atoms with Gasteiger partial charge in [0.05, 0.1) is 0 Å². The van der Waals surface area contributed by atoms with E-state index in [1.807, 2.05) is 29.5 Å². The van der Waals surface area contributed by atoms with E-state index in [0.29, 0.717) is 5.02 Å². The van der Waals surface area contributed by atoms with E-state index in [1.54, 1.807) is 0 Å². The first-order valence-corrected chi connectivity index (χ1v) is 8.97. The fourth-order valence-corrected chi connectivity index (χ4v) is 3.86. The van der Waals surface area contributed by atoms with Gasteiger partial charge >= 0.3 is 0 Å². The molecule has 0 saturated heterocycles. The fraction of sp³-hybridized carbons (Fsp3) is 0.412. The molecule has 1 nitrogen and oxygen atoms in total. The zero-order chi connectivity index (χ0) is 15.2. The summed E-state index contributed by atoms with van der Waals surface area (Å²) in [5.41, 5.74) is 1.13. The second-order valence-electron chi connectivity index (χ2n) is 5.10. The van der Waals surface area contributed by atoms with Gasteiger partial charge < -0.3 is 5.32 Å². The maximum atomic E-state index is 6.38. The molecule has 1 aromatic heterocycles. The van der Waals surface area contributed by atoms with Crippen molar-refractivity contribution >= 4 is 34.5 Å². The van der Waals surface area contributed by atoms with E-state index >= 15 is 0 Å². The van der Waals surface area contributed by atoms with Crippen LogP contribution in [-0.2, 0) is 12.8 Å². The molecule has 114 valence electrons. The molecule has 0 fully saturated rings. The summed E-state index contributed by atoms with van der Waals surface area (Å²) >= 11 is 14.3. The van der Waals surface area contributed by atoms with Gasteiger partial charge in [-0.2, -0.15) is 0 Å². The quantitative estimate of drug-likeness (QED) is 0.660. The predicted molar refractivity (Wildman–Crippen MR) is 94.9 cm³/mol. The van der Waals surface area contributed by atoms with Gasteiger partial charge in [0.2, 0.25) is 0 Å². The maximum Gasteiger partial charge on any atom is 0.0468 e. The summed E-state index contributed by atoms with van der Waals surface area (Å²) in [7, 11) is 0. The standard InChI is InChI=1S/C17H21Cl2NS/c1-3-9-20-17(11-14-7-6-13(4-2)21-14)15-8-5-12(18)10-16(15)19/h5-8,10,17,20H,3-4,9,11H2,1-2H3. The Bertz CT molecular complexity index is 580. The SMILES string of the molecule is CCCNC(Cc1ccc(CC)s1)c1ccc(Cl)cc1Cl. The molecular weight excluding hydrogens is 321 g/mol. The minimum Gasteiger partial charge on any atom is -0.310 e. The molecule has 4 heteroatoms. The average Bonchev–Trinajstić information content (AvgIpc) is 2.91. The van der Waals surface area contributed by atoms with Crippen LogP contribution in [0.2, 0.25) is 10.0 Å². The van der Waals surface area contributed by atoms with E-state index < -0.39 is 0 Å². The monoisotopic (exact) mass is 341 g/mol. The Morgan fingerprint density at radius 3 is 2.48 bits per heavy atom. The lowest BCUT2D eigenvalue weighted by molar-refractivity contribution is 0.532. The number of hydrogen-bond donors (Lipinski definition) is 1. The van der Waals surface area contributed by atoms with Crippen LogP contribution in [0, 0.1) is 0 Å². The molecule has 21 heavy (non-hydrogen) atoms. The average molecular weight is 342 g/mol. The zero-order valence-corrected chi connectivity index (χ0v) is 14.8. The molecule has 0 aliphatic heterocycles. The topological polar surface area (TPSA) is 12.0 Å². The number of nitrogens with one attached hydrogen (secondary N) is 1. The number of benzene rings is 1. The molecule has 0 aliphatic carbocycles. The molecule has 1 aromatic carbocycles. The predicted octanol–water partition coefficient (Wildman–Crippen LogP) is 5.90. The van der Waals surface area contributed by atoms with E-state index in [-0.39, 0.29) is 6.04 Å². The van der Waals surface area contributed by atoms with Crippen molar-refractivity contribution in [1.82, 2.24) is 5.32 Å². The van der Waals surface area contributed by atoms with Crippen molar-refractivity contribution in [1.29, 1.82) is 0 Å². The van der Waals surface area contributed by atoms with Gasteiger partial charge in [0, 0.05) is 32.3 Å². The molecule has 2 rings (SSSR count). The first-order chi connectivity index (χ1) is 10.1. The zero-order valence-electron chi connectivity index (χ0n) is 12.5. The van der Waals surface area contributed by atoms with Gasteiger partial charge in [-0.1, -0.05) is 43.1 Å². The van der Waals surface area contributed by atoms with Crippen LogP contribution < -0.4 is 5.32 Å². The van der Waals surface area contributed by atoms with Crippen LogP contribution in [0.4, 0.5) is 0 Å². The molecule has 0 bridgehead atoms. The third-order valence-electron chi connectivity index (χ3n) is 3.45. The first kappa shape index (κ1) is 16.8. The van der Waals surface area contributed by atoms with E-state index in [0.717, 1.165) is 36.4 Å². The summed E-state index contributed by atoms with van der Waals surface area (Å²) < 4.78 is 0. The summed E-state index contributed by atoms with van der Waals surface area (Å²) in [5.74, 6) is 0. The highest BCUT2D eigenvalue weighted by Gasteiger charge is 2.16. The van der Waals surface area contributed by atoms with E-state index in [9.17, 15) is 0 Å². The fourth-order valence-electron chi connectivity index (χ4n) is 2.32. The summed E-state index contributed by atoms with van der Waals surface area (Å²) in [6.07, 6.45) is 3.16. The van der Waals surface area contributed by atoms with Crippen LogP contribution >= 0.6 is 34.5 Å². The van der Waals surface area contributed by atoms with Crippen LogP contribution in [0.1, 0.15) is 41.6 Å². The number of hydrogen-bond acceptors (Lipinski definition) is 2. The van der Waals surface area contributed by atoms with Gasteiger partial charge in [0.15, 0.2) is 0 Å². The second-order valence-corrected chi connectivity index (χ2v) is 7.19. The van der Waals surface area contributed by atoms with E-state index in [1.165, 1.54) is 9.75 Å². The van der Waals surface area contributed by atoms with Crippen molar-refractivity contribution < 1.29 is 0 Å². The van der Waals surface area contributed by atoms with E-state index in [2.05, 4.69) is 31.3 Å². The van der Waals surface area contributed by atoms with Gasteiger partial charge in [0.25, 0.3) is 0 Å². The highest BCUT2D eigenvalue weighted by Crippen LogP contribution is 2.30. The van der Waals surface area contributed by atoms with Crippen LogP contribution in [0.15, 0.2) is 30.3 Å². The van der Waals surface area contributed by atoms with Gasteiger partial charge in [-0.25, -0.2) is 0 Å². The van der Waals surface area contributed by atoms with Gasteiger partial charge in [0.1, 0.15) is 0 Å².